The lowest BCUT2D eigenvalue weighted by atomic mass is 9.86. The quantitative estimate of drug-likeness (QED) is 0.533. The van der Waals surface area contributed by atoms with Crippen molar-refractivity contribution >= 4 is 18.0 Å². The maximum absolute atomic E-state index is 13.5. The van der Waals surface area contributed by atoms with Gasteiger partial charge < -0.3 is 20.5 Å². The van der Waals surface area contributed by atoms with Gasteiger partial charge in [-0.2, -0.15) is 0 Å². The Bertz CT molecular complexity index is 1020. The first kappa shape index (κ1) is 25.1. The molecule has 2 atom stereocenters. The Morgan fingerprint density at radius 1 is 0.971 bits per heavy atom. The van der Waals surface area contributed by atoms with E-state index in [4.69, 9.17) is 4.74 Å². The average Bonchev–Trinajstić information content (AvgIpc) is 3.08. The maximum Gasteiger partial charge on any atom is 0.407 e. The van der Waals surface area contributed by atoms with Gasteiger partial charge in [-0.05, 0) is 27.7 Å². The lowest BCUT2D eigenvalue weighted by molar-refractivity contribution is -0.145. The van der Waals surface area contributed by atoms with Crippen LogP contribution in [0, 0.1) is 5.41 Å². The summed E-state index contributed by atoms with van der Waals surface area (Å²) in [5.74, 6) is -2.43. The Morgan fingerprint density at radius 3 is 1.97 bits per heavy atom. The fourth-order valence-corrected chi connectivity index (χ4v) is 4.06. The van der Waals surface area contributed by atoms with E-state index in [1.165, 1.54) is 0 Å². The van der Waals surface area contributed by atoms with Crippen LogP contribution in [0.4, 0.5) is 13.6 Å². The Labute approximate surface area is 196 Å². The van der Waals surface area contributed by atoms with Gasteiger partial charge in [0.15, 0.2) is 0 Å². The molecule has 3 rings (SSSR count). The Kier molecular flexibility index (Phi) is 7.54. The summed E-state index contributed by atoms with van der Waals surface area (Å²) < 4.78 is 32.3. The molecule has 2 amide bonds. The maximum atomic E-state index is 13.5. The topological polar surface area (TPSA) is 105 Å². The van der Waals surface area contributed by atoms with Gasteiger partial charge >= 0.3 is 12.1 Å². The molecule has 1 aliphatic carbocycles. The molecular weight excluding hydrogens is 446 g/mol. The zero-order valence-electron chi connectivity index (χ0n) is 19.2. The minimum Gasteiger partial charge on any atom is -0.480 e. The Hall–Kier alpha value is -3.49. The highest BCUT2D eigenvalue weighted by atomic mass is 19.3. The van der Waals surface area contributed by atoms with Gasteiger partial charge in [-0.15, -0.1) is 0 Å². The van der Waals surface area contributed by atoms with Crippen LogP contribution in [0.2, 0.25) is 0 Å². The molecule has 2 unspecified atom stereocenters. The predicted molar refractivity (Wildman–Crippen MR) is 122 cm³/mol. The van der Waals surface area contributed by atoms with Crippen LogP contribution >= 0.6 is 0 Å². The van der Waals surface area contributed by atoms with Crippen LogP contribution in [0.15, 0.2) is 48.5 Å². The average molecular weight is 475 g/mol. The number of carboxylic acids is 1. The summed E-state index contributed by atoms with van der Waals surface area (Å²) in [5.41, 5.74) is 3.18. The van der Waals surface area contributed by atoms with E-state index in [1.807, 2.05) is 53.8 Å². The number of hydrogen-bond donors (Lipinski definition) is 3. The van der Waals surface area contributed by atoms with Gasteiger partial charge in [0, 0.05) is 5.92 Å². The molecule has 0 spiro atoms. The van der Waals surface area contributed by atoms with Crippen molar-refractivity contribution in [2.75, 3.05) is 6.61 Å². The molecule has 0 bridgehead atoms. The standard InChI is InChI=1S/C25H28F2N2O5/c1-25(2,3)21(23(31)32)29-20(30)12-19(22(26)27)28-24(33)34-13-18-16-10-6-4-8-14(16)15-9-5-7-11-17(15)18/h4-11,18-19,21-22H,12-13H2,1-3H3,(H,28,33)(H,29,30)(H,31,32). The highest BCUT2D eigenvalue weighted by Crippen LogP contribution is 2.44. The monoisotopic (exact) mass is 474 g/mol. The van der Waals surface area contributed by atoms with Crippen LogP contribution in [0.25, 0.3) is 11.1 Å². The first-order valence-corrected chi connectivity index (χ1v) is 10.9. The van der Waals surface area contributed by atoms with E-state index in [9.17, 15) is 28.3 Å². The normalized spacial score (nSPS) is 14.6. The smallest absolute Gasteiger partial charge is 0.407 e. The summed E-state index contributed by atoms with van der Waals surface area (Å²) in [4.78, 5) is 36.0. The number of aliphatic carboxylic acids is 1. The molecule has 0 radical (unpaired) electrons. The van der Waals surface area contributed by atoms with E-state index >= 15 is 0 Å². The van der Waals surface area contributed by atoms with Gasteiger partial charge in [-0.1, -0.05) is 69.3 Å². The summed E-state index contributed by atoms with van der Waals surface area (Å²) in [6.45, 7) is 4.75. The number of nitrogens with one attached hydrogen (secondary N) is 2. The minimum absolute atomic E-state index is 0.0624. The number of hydrogen-bond acceptors (Lipinski definition) is 4. The number of halogens is 2. The third kappa shape index (κ3) is 5.70. The second-order valence-corrected chi connectivity index (χ2v) is 9.32. The number of rotatable bonds is 8. The van der Waals surface area contributed by atoms with Crippen LogP contribution in [0.3, 0.4) is 0 Å². The molecular formula is C25H28F2N2O5. The van der Waals surface area contributed by atoms with Crippen LogP contribution in [-0.4, -0.2) is 48.2 Å². The first-order valence-electron chi connectivity index (χ1n) is 10.9. The van der Waals surface area contributed by atoms with E-state index in [0.717, 1.165) is 22.3 Å². The Morgan fingerprint density at radius 2 is 1.50 bits per heavy atom. The van der Waals surface area contributed by atoms with Gasteiger partial charge in [0.25, 0.3) is 6.43 Å². The van der Waals surface area contributed by atoms with E-state index < -0.39 is 48.3 Å². The van der Waals surface area contributed by atoms with Crippen molar-refractivity contribution in [3.05, 3.63) is 59.7 Å². The number of benzene rings is 2. The van der Waals surface area contributed by atoms with Crippen LogP contribution < -0.4 is 10.6 Å². The van der Waals surface area contributed by atoms with Crippen molar-refractivity contribution in [1.82, 2.24) is 10.6 Å². The van der Waals surface area contributed by atoms with Crippen molar-refractivity contribution in [2.45, 2.75) is 51.6 Å². The third-order valence-corrected chi connectivity index (χ3v) is 5.77. The van der Waals surface area contributed by atoms with Crippen LogP contribution in [-0.2, 0) is 14.3 Å². The number of carbonyl (C=O) groups is 3. The highest BCUT2D eigenvalue weighted by molar-refractivity contribution is 5.85. The second-order valence-electron chi connectivity index (χ2n) is 9.32. The minimum atomic E-state index is -3.05. The molecule has 0 aromatic heterocycles. The molecule has 0 fully saturated rings. The van der Waals surface area contributed by atoms with Gasteiger partial charge in [0.2, 0.25) is 5.91 Å². The highest BCUT2D eigenvalue weighted by Gasteiger charge is 2.35. The fraction of sp³-hybridized carbons (Fsp3) is 0.400. The number of alkyl halides is 2. The summed E-state index contributed by atoms with van der Waals surface area (Å²) in [7, 11) is 0. The fourth-order valence-electron chi connectivity index (χ4n) is 4.06. The molecule has 0 aliphatic heterocycles. The van der Waals surface area contributed by atoms with Crippen molar-refractivity contribution in [1.29, 1.82) is 0 Å². The number of ether oxygens (including phenoxy) is 1. The summed E-state index contributed by atoms with van der Waals surface area (Å²) in [6.07, 6.45) is -4.92. The largest absolute Gasteiger partial charge is 0.480 e. The van der Waals surface area contributed by atoms with Gasteiger partial charge in [-0.3, -0.25) is 4.79 Å². The molecule has 0 saturated heterocycles. The molecule has 9 heteroatoms. The summed E-state index contributed by atoms with van der Waals surface area (Å²) in [6, 6.07) is 12.3. The Balaban J connectivity index is 1.62. The van der Waals surface area contributed by atoms with Crippen molar-refractivity contribution in [3.8, 4) is 11.1 Å². The first-order chi connectivity index (χ1) is 16.0. The van der Waals surface area contributed by atoms with Gasteiger partial charge in [0.1, 0.15) is 18.7 Å². The van der Waals surface area contributed by atoms with E-state index in [0.29, 0.717) is 0 Å². The second kappa shape index (κ2) is 10.2. The SMILES string of the molecule is CC(C)(C)C(NC(=O)CC(NC(=O)OCC1c2ccccc2-c2ccccc21)C(F)F)C(=O)O. The van der Waals surface area contributed by atoms with Crippen molar-refractivity contribution in [3.63, 3.8) is 0 Å². The van der Waals surface area contributed by atoms with Gasteiger partial charge in [0.05, 0.1) is 6.42 Å². The lowest BCUT2D eigenvalue weighted by Crippen LogP contribution is -2.51. The molecule has 2 aromatic rings. The number of amides is 2. The lowest BCUT2D eigenvalue weighted by Gasteiger charge is -2.28. The number of alkyl carbamates (subject to hydrolysis) is 1. The zero-order chi connectivity index (χ0) is 25.0. The number of carboxylic acid groups (broad SMARTS) is 1. The predicted octanol–water partition coefficient (Wildman–Crippen LogP) is 4.16. The van der Waals surface area contributed by atoms with E-state index in [2.05, 4.69) is 5.32 Å². The molecule has 1 aliphatic rings. The van der Waals surface area contributed by atoms with Crippen LogP contribution in [0.5, 0.6) is 0 Å². The van der Waals surface area contributed by atoms with Gasteiger partial charge in [-0.25, -0.2) is 18.4 Å². The zero-order valence-corrected chi connectivity index (χ0v) is 19.2. The van der Waals surface area contributed by atoms with Crippen molar-refractivity contribution in [2.24, 2.45) is 5.41 Å². The molecule has 182 valence electrons. The van der Waals surface area contributed by atoms with E-state index in [-0.39, 0.29) is 12.5 Å². The molecule has 7 nitrogen and oxygen atoms in total. The van der Waals surface area contributed by atoms with Crippen molar-refractivity contribution < 1.29 is 33.0 Å². The summed E-state index contributed by atoms with van der Waals surface area (Å²) >= 11 is 0. The van der Waals surface area contributed by atoms with E-state index in [1.54, 1.807) is 20.8 Å². The molecule has 3 N–H and O–H groups in total. The molecule has 0 saturated carbocycles. The molecule has 2 aromatic carbocycles. The summed E-state index contributed by atoms with van der Waals surface area (Å²) in [5, 5.41) is 13.6. The molecule has 34 heavy (non-hydrogen) atoms. The molecule has 0 heterocycles. The number of fused-ring (bicyclic) bond motifs is 3. The van der Waals surface area contributed by atoms with Crippen LogP contribution in [0.1, 0.15) is 44.2 Å². The number of carbonyl (C=O) groups excluding carboxylic acids is 2. The third-order valence-electron chi connectivity index (χ3n) is 5.77.